The SMILES string of the molecule is COc1ccc2c(CN3CCCCC3)cn(CCCOc3ccc(C)cc3)c2c1. The van der Waals surface area contributed by atoms with Crippen molar-refractivity contribution in [3.63, 3.8) is 0 Å². The van der Waals surface area contributed by atoms with Crippen LogP contribution >= 0.6 is 0 Å². The van der Waals surface area contributed by atoms with Crippen LogP contribution in [0.25, 0.3) is 10.9 Å². The average molecular weight is 393 g/mol. The van der Waals surface area contributed by atoms with E-state index >= 15 is 0 Å². The van der Waals surface area contributed by atoms with Crippen LogP contribution in [-0.2, 0) is 13.1 Å². The highest BCUT2D eigenvalue weighted by atomic mass is 16.5. The molecule has 0 spiro atoms. The molecule has 1 aliphatic rings. The first kappa shape index (κ1) is 19.8. The van der Waals surface area contributed by atoms with Crippen molar-refractivity contribution in [2.75, 3.05) is 26.8 Å². The molecule has 2 aromatic carbocycles. The summed E-state index contributed by atoms with van der Waals surface area (Å²) >= 11 is 0. The Hall–Kier alpha value is -2.46. The van der Waals surface area contributed by atoms with Crippen molar-refractivity contribution in [2.24, 2.45) is 0 Å². The van der Waals surface area contributed by atoms with Gasteiger partial charge in [0.1, 0.15) is 11.5 Å². The summed E-state index contributed by atoms with van der Waals surface area (Å²) in [6, 6.07) is 14.7. The summed E-state index contributed by atoms with van der Waals surface area (Å²) < 4.78 is 13.8. The number of ether oxygens (including phenoxy) is 2. The van der Waals surface area contributed by atoms with E-state index in [-0.39, 0.29) is 0 Å². The molecule has 1 aromatic heterocycles. The molecule has 0 unspecified atom stereocenters. The molecule has 0 amide bonds. The summed E-state index contributed by atoms with van der Waals surface area (Å²) in [6.45, 7) is 7.22. The van der Waals surface area contributed by atoms with E-state index in [0.29, 0.717) is 6.61 Å². The Morgan fingerprint density at radius 3 is 2.45 bits per heavy atom. The predicted octanol–water partition coefficient (Wildman–Crippen LogP) is 5.41. The second-order valence-electron chi connectivity index (χ2n) is 8.08. The van der Waals surface area contributed by atoms with Crippen LogP contribution in [0.5, 0.6) is 11.5 Å². The number of nitrogens with zero attached hydrogens (tertiary/aromatic N) is 2. The van der Waals surface area contributed by atoms with Gasteiger partial charge in [-0.05, 0) is 69.1 Å². The summed E-state index contributed by atoms with van der Waals surface area (Å²) in [6.07, 6.45) is 7.32. The first-order chi connectivity index (χ1) is 14.2. The van der Waals surface area contributed by atoms with Gasteiger partial charge >= 0.3 is 0 Å². The van der Waals surface area contributed by atoms with Gasteiger partial charge in [-0.2, -0.15) is 0 Å². The van der Waals surface area contributed by atoms with Gasteiger partial charge in [0.2, 0.25) is 0 Å². The van der Waals surface area contributed by atoms with Crippen LogP contribution < -0.4 is 9.47 Å². The third-order valence-electron chi connectivity index (χ3n) is 5.85. The Kier molecular flexibility index (Phi) is 6.40. The molecular formula is C25H32N2O2. The zero-order chi connectivity index (χ0) is 20.1. The smallest absolute Gasteiger partial charge is 0.120 e. The van der Waals surface area contributed by atoms with Crippen LogP contribution in [0.2, 0.25) is 0 Å². The predicted molar refractivity (Wildman–Crippen MR) is 119 cm³/mol. The van der Waals surface area contributed by atoms with E-state index in [1.807, 2.05) is 12.1 Å². The standard InChI is InChI=1S/C25H32N2O2/c1-20-7-9-22(10-8-20)29-16-6-15-27-19-21(18-26-13-4-3-5-14-26)24-12-11-23(28-2)17-25(24)27/h7-12,17,19H,3-6,13-16,18H2,1-2H3. The van der Waals surface area contributed by atoms with Crippen molar-refractivity contribution < 1.29 is 9.47 Å². The summed E-state index contributed by atoms with van der Waals surface area (Å²) in [5, 5.41) is 1.34. The van der Waals surface area contributed by atoms with Gasteiger partial charge in [0.05, 0.1) is 19.2 Å². The number of piperidine rings is 1. The van der Waals surface area contributed by atoms with Crippen molar-refractivity contribution in [3.8, 4) is 11.5 Å². The van der Waals surface area contributed by atoms with Crippen LogP contribution in [0.3, 0.4) is 0 Å². The van der Waals surface area contributed by atoms with Crippen LogP contribution in [0.1, 0.15) is 36.8 Å². The lowest BCUT2D eigenvalue weighted by molar-refractivity contribution is 0.221. The van der Waals surface area contributed by atoms with Gasteiger partial charge in [-0.25, -0.2) is 0 Å². The number of rotatable bonds is 8. The maximum Gasteiger partial charge on any atom is 0.120 e. The van der Waals surface area contributed by atoms with Crippen molar-refractivity contribution >= 4 is 10.9 Å². The fourth-order valence-electron chi connectivity index (χ4n) is 4.20. The number of methoxy groups -OCH3 is 1. The topological polar surface area (TPSA) is 26.6 Å². The third-order valence-corrected chi connectivity index (χ3v) is 5.85. The molecule has 2 heterocycles. The largest absolute Gasteiger partial charge is 0.497 e. The number of hydrogen-bond acceptors (Lipinski definition) is 3. The van der Waals surface area contributed by atoms with Gasteiger partial charge in [0.25, 0.3) is 0 Å². The summed E-state index contributed by atoms with van der Waals surface area (Å²) in [5.74, 6) is 1.86. The zero-order valence-corrected chi connectivity index (χ0v) is 17.7. The first-order valence-electron chi connectivity index (χ1n) is 10.8. The Morgan fingerprint density at radius 1 is 0.931 bits per heavy atom. The molecule has 0 radical (unpaired) electrons. The van der Waals surface area contributed by atoms with Gasteiger partial charge in [-0.1, -0.05) is 24.1 Å². The van der Waals surface area contributed by atoms with Crippen LogP contribution in [-0.4, -0.2) is 36.3 Å². The molecule has 154 valence electrons. The minimum Gasteiger partial charge on any atom is -0.497 e. The fraction of sp³-hybridized carbons (Fsp3) is 0.440. The van der Waals surface area contributed by atoms with Gasteiger partial charge in [-0.15, -0.1) is 0 Å². The normalized spacial score (nSPS) is 15.0. The lowest BCUT2D eigenvalue weighted by atomic mass is 10.1. The van der Waals surface area contributed by atoms with Crippen molar-refractivity contribution in [1.82, 2.24) is 9.47 Å². The highest BCUT2D eigenvalue weighted by molar-refractivity contribution is 5.85. The van der Waals surface area contributed by atoms with E-state index in [2.05, 4.69) is 52.9 Å². The summed E-state index contributed by atoms with van der Waals surface area (Å²) in [7, 11) is 1.73. The molecule has 29 heavy (non-hydrogen) atoms. The first-order valence-corrected chi connectivity index (χ1v) is 10.8. The van der Waals surface area contributed by atoms with Crippen molar-refractivity contribution in [3.05, 3.63) is 59.8 Å². The van der Waals surface area contributed by atoms with Crippen LogP contribution in [0.4, 0.5) is 0 Å². The quantitative estimate of drug-likeness (QED) is 0.479. The van der Waals surface area contributed by atoms with Crippen molar-refractivity contribution in [2.45, 2.75) is 45.7 Å². The van der Waals surface area contributed by atoms with Crippen molar-refractivity contribution in [1.29, 1.82) is 0 Å². The number of aryl methyl sites for hydroxylation is 2. The molecule has 3 aromatic rings. The Labute approximate surface area is 174 Å². The maximum atomic E-state index is 5.92. The highest BCUT2D eigenvalue weighted by Gasteiger charge is 2.15. The Morgan fingerprint density at radius 2 is 1.69 bits per heavy atom. The lowest BCUT2D eigenvalue weighted by Crippen LogP contribution is -2.28. The van der Waals surface area contributed by atoms with E-state index in [1.54, 1.807) is 7.11 Å². The second kappa shape index (κ2) is 9.36. The zero-order valence-electron chi connectivity index (χ0n) is 17.7. The molecule has 0 aliphatic carbocycles. The molecule has 4 heteroatoms. The van der Waals surface area contributed by atoms with E-state index in [4.69, 9.17) is 9.47 Å². The lowest BCUT2D eigenvalue weighted by Gasteiger charge is -2.26. The summed E-state index contributed by atoms with van der Waals surface area (Å²) in [5.41, 5.74) is 3.93. The molecule has 1 saturated heterocycles. The molecule has 4 rings (SSSR count). The molecule has 0 N–H and O–H groups in total. The van der Waals surface area contributed by atoms with Crippen LogP contribution in [0, 0.1) is 6.92 Å². The Bertz CT molecular complexity index is 924. The molecule has 0 atom stereocenters. The summed E-state index contributed by atoms with van der Waals surface area (Å²) in [4.78, 5) is 2.59. The average Bonchev–Trinajstić information content (AvgIpc) is 3.09. The number of hydrogen-bond donors (Lipinski definition) is 0. The van der Waals surface area contributed by atoms with Gasteiger partial charge in [0, 0.05) is 30.7 Å². The monoisotopic (exact) mass is 392 g/mol. The maximum absolute atomic E-state index is 5.92. The molecule has 1 aliphatic heterocycles. The minimum atomic E-state index is 0.716. The van der Waals surface area contributed by atoms with E-state index in [0.717, 1.165) is 31.0 Å². The second-order valence-corrected chi connectivity index (χ2v) is 8.08. The molecule has 4 nitrogen and oxygen atoms in total. The number of likely N-dealkylation sites (tertiary alicyclic amines) is 1. The van der Waals surface area contributed by atoms with E-state index in [1.165, 1.54) is 54.4 Å². The molecule has 0 bridgehead atoms. The third kappa shape index (κ3) is 4.94. The van der Waals surface area contributed by atoms with Gasteiger partial charge < -0.3 is 14.0 Å². The number of benzene rings is 2. The van der Waals surface area contributed by atoms with Crippen LogP contribution in [0.15, 0.2) is 48.7 Å². The minimum absolute atomic E-state index is 0.716. The van der Waals surface area contributed by atoms with Gasteiger partial charge in [-0.3, -0.25) is 4.90 Å². The van der Waals surface area contributed by atoms with E-state index < -0.39 is 0 Å². The number of fused-ring (bicyclic) bond motifs is 1. The number of aromatic nitrogens is 1. The molecular weight excluding hydrogens is 360 g/mol. The fourth-order valence-corrected chi connectivity index (χ4v) is 4.20. The van der Waals surface area contributed by atoms with E-state index in [9.17, 15) is 0 Å². The molecule has 1 fully saturated rings. The van der Waals surface area contributed by atoms with Gasteiger partial charge in [0.15, 0.2) is 0 Å². The highest BCUT2D eigenvalue weighted by Crippen LogP contribution is 2.28. The Balaban J connectivity index is 1.45. The molecule has 0 saturated carbocycles.